The first-order chi connectivity index (χ1) is 9.34. The average molecular weight is 322 g/mol. The fourth-order valence-corrected chi connectivity index (χ4v) is 3.79. The maximum atomic E-state index is 12.7. The molecule has 0 spiro atoms. The van der Waals surface area contributed by atoms with E-state index in [-0.39, 0.29) is 11.8 Å². The van der Waals surface area contributed by atoms with Crippen molar-refractivity contribution in [3.63, 3.8) is 0 Å². The van der Waals surface area contributed by atoms with E-state index < -0.39 is 11.7 Å². The van der Waals surface area contributed by atoms with Crippen LogP contribution in [0.4, 0.5) is 13.2 Å². The minimum Gasteiger partial charge on any atom is -0.361 e. The van der Waals surface area contributed by atoms with Crippen LogP contribution in [-0.4, -0.2) is 29.4 Å². The molecular formula is C14H15ClF3NS. The van der Waals surface area contributed by atoms with Crippen LogP contribution >= 0.6 is 23.4 Å². The van der Waals surface area contributed by atoms with Gasteiger partial charge in [-0.2, -0.15) is 13.2 Å². The second kappa shape index (κ2) is 5.90. The fraction of sp³-hybridized carbons (Fsp3) is 0.429. The molecule has 1 unspecified atom stereocenters. The van der Waals surface area contributed by atoms with Crippen molar-refractivity contribution in [1.82, 2.24) is 4.90 Å². The molecule has 1 heterocycles. The number of thioether (sulfide) groups is 1. The second-order valence-corrected chi connectivity index (χ2v) is 6.10. The van der Waals surface area contributed by atoms with Gasteiger partial charge in [0.1, 0.15) is 5.37 Å². The number of hydrogen-bond donors (Lipinski definition) is 0. The summed E-state index contributed by atoms with van der Waals surface area (Å²) in [6, 6.07) is 0. The van der Waals surface area contributed by atoms with Gasteiger partial charge in [-0.25, -0.2) is 0 Å². The van der Waals surface area contributed by atoms with E-state index in [1.807, 2.05) is 20.0 Å². The number of nitrogens with zero attached hydrogens (tertiary/aromatic N) is 1. The molecule has 0 saturated heterocycles. The van der Waals surface area contributed by atoms with E-state index >= 15 is 0 Å². The molecule has 6 heteroatoms. The fourth-order valence-electron chi connectivity index (χ4n) is 2.13. The predicted molar refractivity (Wildman–Crippen MR) is 78.5 cm³/mol. The van der Waals surface area contributed by atoms with Crippen LogP contribution in [0.5, 0.6) is 0 Å². The van der Waals surface area contributed by atoms with E-state index in [4.69, 9.17) is 11.6 Å². The highest BCUT2D eigenvalue weighted by molar-refractivity contribution is 8.04. The van der Waals surface area contributed by atoms with Gasteiger partial charge >= 0.3 is 6.18 Å². The Bertz CT molecular complexity index is 517. The largest absolute Gasteiger partial charge is 0.416 e. The first-order valence-electron chi connectivity index (χ1n) is 6.15. The number of likely N-dealkylation sites (N-methyl/N-ethyl adjacent to an activating group) is 1. The zero-order valence-corrected chi connectivity index (χ0v) is 12.7. The molecular weight excluding hydrogens is 307 g/mol. The molecule has 110 valence electrons. The molecule has 1 aliphatic carbocycles. The smallest absolute Gasteiger partial charge is 0.361 e. The third kappa shape index (κ3) is 3.09. The van der Waals surface area contributed by atoms with Crippen molar-refractivity contribution in [3.05, 3.63) is 46.1 Å². The van der Waals surface area contributed by atoms with E-state index in [9.17, 15) is 13.2 Å². The molecule has 0 aromatic carbocycles. The lowest BCUT2D eigenvalue weighted by atomic mass is 10.2. The summed E-state index contributed by atoms with van der Waals surface area (Å²) >= 11 is 7.49. The summed E-state index contributed by atoms with van der Waals surface area (Å²) in [7, 11) is 1.93. The Balaban J connectivity index is 2.16. The van der Waals surface area contributed by atoms with Crippen molar-refractivity contribution in [2.45, 2.75) is 24.9 Å². The van der Waals surface area contributed by atoms with Gasteiger partial charge in [-0.15, -0.1) is 11.6 Å². The van der Waals surface area contributed by atoms with Crippen LogP contribution in [0.2, 0.25) is 0 Å². The quantitative estimate of drug-likeness (QED) is 0.670. The van der Waals surface area contributed by atoms with E-state index in [0.717, 1.165) is 22.3 Å². The Morgan fingerprint density at radius 2 is 2.05 bits per heavy atom. The summed E-state index contributed by atoms with van der Waals surface area (Å²) in [6.07, 6.45) is 1.77. The van der Waals surface area contributed by atoms with Gasteiger partial charge in [0.2, 0.25) is 0 Å². The molecule has 20 heavy (non-hydrogen) atoms. The normalized spacial score (nSPS) is 23.9. The van der Waals surface area contributed by atoms with Crippen molar-refractivity contribution >= 4 is 23.4 Å². The molecule has 1 atom stereocenters. The van der Waals surface area contributed by atoms with E-state index in [1.165, 1.54) is 6.08 Å². The van der Waals surface area contributed by atoms with Crippen molar-refractivity contribution in [3.8, 4) is 0 Å². The summed E-state index contributed by atoms with van der Waals surface area (Å²) in [5.74, 6) is 0.431. The Labute approximate surface area is 125 Å². The molecule has 0 aromatic rings. The predicted octanol–water partition coefficient (Wildman–Crippen LogP) is 4.84. The van der Waals surface area contributed by atoms with Crippen molar-refractivity contribution in [1.29, 1.82) is 0 Å². The lowest BCUT2D eigenvalue weighted by Crippen LogP contribution is -2.24. The Morgan fingerprint density at radius 3 is 2.60 bits per heavy atom. The average Bonchev–Trinajstić information content (AvgIpc) is 2.59. The van der Waals surface area contributed by atoms with Crippen LogP contribution in [0.3, 0.4) is 0 Å². The first-order valence-corrected chi connectivity index (χ1v) is 7.56. The number of hydrogen-bond acceptors (Lipinski definition) is 2. The SMILES string of the molecule is CC1=C(CCl)SC(C2=CCC=C(C(F)(F)F)C=C2)N1C. The van der Waals surface area contributed by atoms with Crippen LogP contribution in [0, 0.1) is 0 Å². The van der Waals surface area contributed by atoms with E-state index in [1.54, 1.807) is 17.8 Å². The molecule has 0 N–H and O–H groups in total. The molecule has 0 radical (unpaired) electrons. The molecule has 2 rings (SSSR count). The highest BCUT2D eigenvalue weighted by Crippen LogP contribution is 2.42. The molecule has 0 fully saturated rings. The summed E-state index contributed by atoms with van der Waals surface area (Å²) < 4.78 is 38.1. The van der Waals surface area contributed by atoms with Crippen LogP contribution in [0.1, 0.15) is 13.3 Å². The maximum Gasteiger partial charge on any atom is 0.416 e. The van der Waals surface area contributed by atoms with Crippen LogP contribution in [-0.2, 0) is 0 Å². The maximum absolute atomic E-state index is 12.7. The minimum atomic E-state index is -4.29. The Kier molecular flexibility index (Phi) is 4.59. The minimum absolute atomic E-state index is 0.000911. The van der Waals surface area contributed by atoms with Crippen molar-refractivity contribution in [2.75, 3.05) is 12.9 Å². The molecule has 0 bridgehead atoms. The molecule has 0 aromatic heterocycles. The van der Waals surface area contributed by atoms with Gasteiger partial charge in [-0.05, 0) is 25.0 Å². The molecule has 0 amide bonds. The Hall–Kier alpha value is -0.810. The summed E-state index contributed by atoms with van der Waals surface area (Å²) in [5.41, 5.74) is 1.38. The monoisotopic (exact) mass is 321 g/mol. The van der Waals surface area contributed by atoms with Gasteiger partial charge in [0, 0.05) is 17.6 Å². The summed E-state index contributed by atoms with van der Waals surface area (Å²) in [6.45, 7) is 1.98. The van der Waals surface area contributed by atoms with Gasteiger partial charge in [0.15, 0.2) is 0 Å². The lowest BCUT2D eigenvalue weighted by Gasteiger charge is -2.23. The number of rotatable bonds is 2. The third-order valence-electron chi connectivity index (χ3n) is 3.42. The molecule has 2 aliphatic rings. The summed E-state index contributed by atoms with van der Waals surface area (Å²) in [5, 5.41) is 0.000911. The molecule has 0 saturated carbocycles. The molecule has 1 aliphatic heterocycles. The highest BCUT2D eigenvalue weighted by atomic mass is 35.5. The first kappa shape index (κ1) is 15.6. The third-order valence-corrected chi connectivity index (χ3v) is 5.38. The zero-order valence-electron chi connectivity index (χ0n) is 11.2. The van der Waals surface area contributed by atoms with Gasteiger partial charge < -0.3 is 4.90 Å². The second-order valence-electron chi connectivity index (χ2n) is 4.65. The Morgan fingerprint density at radius 1 is 1.35 bits per heavy atom. The molecule has 1 nitrogen and oxygen atoms in total. The standard InChI is InChI=1S/C14H15ClF3NS/c1-9-12(8-15)20-13(19(9)2)10-4-3-5-11(7-6-10)14(16,17)18/h4-7,13H,3,8H2,1-2H3. The number of alkyl halides is 4. The highest BCUT2D eigenvalue weighted by Gasteiger charge is 2.33. The van der Waals surface area contributed by atoms with Gasteiger partial charge in [-0.3, -0.25) is 0 Å². The summed E-state index contributed by atoms with van der Waals surface area (Å²) in [4.78, 5) is 3.12. The van der Waals surface area contributed by atoms with Gasteiger partial charge in [-0.1, -0.05) is 30.0 Å². The van der Waals surface area contributed by atoms with Crippen molar-refractivity contribution < 1.29 is 13.2 Å². The lowest BCUT2D eigenvalue weighted by molar-refractivity contribution is -0.0883. The van der Waals surface area contributed by atoms with Crippen molar-refractivity contribution in [2.24, 2.45) is 0 Å². The van der Waals surface area contributed by atoms with Gasteiger partial charge in [0.25, 0.3) is 0 Å². The van der Waals surface area contributed by atoms with E-state index in [0.29, 0.717) is 5.88 Å². The topological polar surface area (TPSA) is 3.24 Å². The zero-order chi connectivity index (χ0) is 14.9. The van der Waals surface area contributed by atoms with E-state index in [2.05, 4.69) is 4.90 Å². The van der Waals surface area contributed by atoms with Gasteiger partial charge in [0.05, 0.1) is 11.5 Å². The van der Waals surface area contributed by atoms with Crippen LogP contribution in [0.25, 0.3) is 0 Å². The van der Waals surface area contributed by atoms with Crippen LogP contribution in [0.15, 0.2) is 46.1 Å². The number of halogens is 4. The number of allylic oxidation sites excluding steroid dienone is 6. The van der Waals surface area contributed by atoms with Crippen LogP contribution < -0.4 is 0 Å².